The highest BCUT2D eigenvalue weighted by Gasteiger charge is 2.08. The van der Waals surface area contributed by atoms with Gasteiger partial charge >= 0.3 is 0 Å². The van der Waals surface area contributed by atoms with Crippen molar-refractivity contribution in [1.29, 1.82) is 0 Å². The Morgan fingerprint density at radius 1 is 1.29 bits per heavy atom. The second-order valence-corrected chi connectivity index (χ2v) is 4.97. The van der Waals surface area contributed by atoms with E-state index in [4.69, 9.17) is 11.6 Å². The van der Waals surface area contributed by atoms with Crippen molar-refractivity contribution in [2.75, 3.05) is 0 Å². The number of pyridine rings is 1. The number of imidazole rings is 1. The van der Waals surface area contributed by atoms with Crippen LogP contribution >= 0.6 is 11.6 Å². The molecule has 21 heavy (non-hydrogen) atoms. The maximum atomic E-state index is 13.1. The number of nitrogens with one attached hydrogen (secondary N) is 1. The first-order valence-electron chi connectivity index (χ1n) is 6.29. The number of rotatable bonds is 3. The number of hydrogen-bond acceptors (Lipinski definition) is 2. The summed E-state index contributed by atoms with van der Waals surface area (Å²) in [5.74, 6) is -0.783. The molecule has 0 spiro atoms. The number of aromatic nitrogens is 2. The maximum Gasteiger partial charge on any atom is 0.251 e. The summed E-state index contributed by atoms with van der Waals surface area (Å²) in [5, 5.41) is 3.31. The number of benzene rings is 1. The second-order valence-electron chi connectivity index (χ2n) is 4.54. The fourth-order valence-corrected chi connectivity index (χ4v) is 2.17. The van der Waals surface area contributed by atoms with Gasteiger partial charge in [0.1, 0.15) is 11.5 Å². The summed E-state index contributed by atoms with van der Waals surface area (Å²) in [6.07, 6.45) is 3.52. The molecule has 1 N–H and O–H groups in total. The molecule has 0 aliphatic heterocycles. The van der Waals surface area contributed by atoms with Crippen molar-refractivity contribution in [1.82, 2.24) is 14.7 Å². The standard InChI is InChI=1S/C15H11ClFN3O/c16-11-4-5-14-19-13(9-20(14)8-11)7-18-15(21)10-2-1-3-12(17)6-10/h1-6,8-9H,7H2,(H,18,21). The van der Waals surface area contributed by atoms with Gasteiger partial charge < -0.3 is 9.72 Å². The first kappa shape index (κ1) is 13.6. The number of hydrogen-bond donors (Lipinski definition) is 1. The molecule has 0 aliphatic rings. The number of fused-ring (bicyclic) bond motifs is 1. The van der Waals surface area contributed by atoms with E-state index in [2.05, 4.69) is 10.3 Å². The molecule has 0 bridgehead atoms. The minimum atomic E-state index is -0.440. The summed E-state index contributed by atoms with van der Waals surface area (Å²) in [5.41, 5.74) is 1.72. The largest absolute Gasteiger partial charge is 0.346 e. The quantitative estimate of drug-likeness (QED) is 0.808. The summed E-state index contributed by atoms with van der Waals surface area (Å²) < 4.78 is 14.8. The van der Waals surface area contributed by atoms with Crippen molar-refractivity contribution < 1.29 is 9.18 Å². The van der Waals surface area contributed by atoms with Gasteiger partial charge in [-0.2, -0.15) is 0 Å². The number of halogens is 2. The Hall–Kier alpha value is -2.40. The zero-order chi connectivity index (χ0) is 14.8. The molecule has 6 heteroatoms. The second kappa shape index (κ2) is 5.54. The molecule has 1 amide bonds. The van der Waals surface area contributed by atoms with Gasteiger partial charge in [0.25, 0.3) is 5.91 Å². The molecule has 2 heterocycles. The minimum Gasteiger partial charge on any atom is -0.346 e. The van der Waals surface area contributed by atoms with Gasteiger partial charge in [-0.1, -0.05) is 17.7 Å². The van der Waals surface area contributed by atoms with Crippen LogP contribution in [0.3, 0.4) is 0 Å². The van der Waals surface area contributed by atoms with E-state index in [1.807, 2.05) is 0 Å². The number of nitrogens with zero attached hydrogens (tertiary/aromatic N) is 2. The van der Waals surface area contributed by atoms with Crippen molar-refractivity contribution in [3.63, 3.8) is 0 Å². The van der Waals surface area contributed by atoms with Crippen molar-refractivity contribution in [3.05, 3.63) is 70.9 Å². The molecule has 106 valence electrons. The maximum absolute atomic E-state index is 13.1. The van der Waals surface area contributed by atoms with Gasteiger partial charge in [-0.3, -0.25) is 4.79 Å². The monoisotopic (exact) mass is 303 g/mol. The van der Waals surface area contributed by atoms with E-state index >= 15 is 0 Å². The lowest BCUT2D eigenvalue weighted by molar-refractivity contribution is 0.0950. The Labute approximate surface area is 125 Å². The Balaban J connectivity index is 1.72. The van der Waals surface area contributed by atoms with E-state index in [0.717, 1.165) is 5.65 Å². The van der Waals surface area contributed by atoms with Crippen LogP contribution in [-0.4, -0.2) is 15.3 Å². The molecule has 3 rings (SSSR count). The van der Waals surface area contributed by atoms with Gasteiger partial charge in [0.15, 0.2) is 0 Å². The fraction of sp³-hybridized carbons (Fsp3) is 0.0667. The van der Waals surface area contributed by atoms with Gasteiger partial charge in [-0.15, -0.1) is 0 Å². The molecular formula is C15H11ClFN3O. The predicted octanol–water partition coefficient (Wildman–Crippen LogP) is 3.06. The van der Waals surface area contributed by atoms with Crippen molar-refractivity contribution in [2.24, 2.45) is 0 Å². The zero-order valence-corrected chi connectivity index (χ0v) is 11.6. The Morgan fingerprint density at radius 3 is 2.95 bits per heavy atom. The average Bonchev–Trinajstić information content (AvgIpc) is 2.86. The number of carbonyl (C=O) groups is 1. The summed E-state index contributed by atoms with van der Waals surface area (Å²) >= 11 is 5.90. The molecule has 2 aromatic heterocycles. The van der Waals surface area contributed by atoms with Crippen LogP contribution < -0.4 is 5.32 Å². The fourth-order valence-electron chi connectivity index (χ4n) is 2.00. The lowest BCUT2D eigenvalue weighted by atomic mass is 10.2. The molecule has 0 aliphatic carbocycles. The molecule has 1 aromatic carbocycles. The SMILES string of the molecule is O=C(NCc1cn2cc(Cl)ccc2n1)c1cccc(F)c1. The van der Waals surface area contributed by atoms with E-state index in [-0.39, 0.29) is 18.0 Å². The van der Waals surface area contributed by atoms with Gasteiger partial charge in [0.2, 0.25) is 0 Å². The summed E-state index contributed by atoms with van der Waals surface area (Å²) in [6, 6.07) is 9.08. The van der Waals surface area contributed by atoms with E-state index < -0.39 is 5.82 Å². The molecular weight excluding hydrogens is 293 g/mol. The summed E-state index contributed by atoms with van der Waals surface area (Å²) in [7, 11) is 0. The molecule has 4 nitrogen and oxygen atoms in total. The third kappa shape index (κ3) is 3.03. The van der Waals surface area contributed by atoms with Crippen LogP contribution in [0.2, 0.25) is 5.02 Å². The van der Waals surface area contributed by atoms with E-state index in [1.54, 1.807) is 35.0 Å². The smallest absolute Gasteiger partial charge is 0.251 e. The summed E-state index contributed by atoms with van der Waals surface area (Å²) in [4.78, 5) is 16.3. The Bertz CT molecular complexity index is 816. The van der Waals surface area contributed by atoms with Crippen LogP contribution in [0, 0.1) is 5.82 Å². The molecule has 0 saturated heterocycles. The van der Waals surface area contributed by atoms with Gasteiger partial charge in [-0.25, -0.2) is 9.37 Å². The van der Waals surface area contributed by atoms with Crippen molar-refractivity contribution in [2.45, 2.75) is 6.54 Å². The molecule has 3 aromatic rings. The first-order valence-corrected chi connectivity index (χ1v) is 6.66. The van der Waals surface area contributed by atoms with Crippen LogP contribution in [0.4, 0.5) is 4.39 Å². The molecule has 0 unspecified atom stereocenters. The zero-order valence-electron chi connectivity index (χ0n) is 10.9. The predicted molar refractivity (Wildman–Crippen MR) is 77.8 cm³/mol. The highest BCUT2D eigenvalue weighted by Crippen LogP contribution is 2.12. The lowest BCUT2D eigenvalue weighted by Gasteiger charge is -2.02. The van der Waals surface area contributed by atoms with E-state index in [0.29, 0.717) is 10.7 Å². The molecule has 0 saturated carbocycles. The van der Waals surface area contributed by atoms with Crippen LogP contribution in [0.5, 0.6) is 0 Å². The van der Waals surface area contributed by atoms with Crippen molar-refractivity contribution >= 4 is 23.2 Å². The normalized spacial score (nSPS) is 10.8. The molecule has 0 atom stereocenters. The van der Waals surface area contributed by atoms with Gasteiger partial charge in [0, 0.05) is 18.0 Å². The molecule has 0 fully saturated rings. The topological polar surface area (TPSA) is 46.4 Å². The van der Waals surface area contributed by atoms with E-state index in [1.165, 1.54) is 18.2 Å². The van der Waals surface area contributed by atoms with E-state index in [9.17, 15) is 9.18 Å². The number of carbonyl (C=O) groups excluding carboxylic acids is 1. The highest BCUT2D eigenvalue weighted by molar-refractivity contribution is 6.30. The lowest BCUT2D eigenvalue weighted by Crippen LogP contribution is -2.23. The first-order chi connectivity index (χ1) is 10.1. The van der Waals surface area contributed by atoms with Gasteiger partial charge in [0.05, 0.1) is 17.3 Å². The third-order valence-electron chi connectivity index (χ3n) is 2.98. The third-order valence-corrected chi connectivity index (χ3v) is 3.21. The Morgan fingerprint density at radius 2 is 2.14 bits per heavy atom. The minimum absolute atomic E-state index is 0.259. The van der Waals surface area contributed by atoms with Crippen LogP contribution in [0.15, 0.2) is 48.8 Å². The average molecular weight is 304 g/mol. The Kier molecular flexibility index (Phi) is 3.58. The van der Waals surface area contributed by atoms with Crippen molar-refractivity contribution in [3.8, 4) is 0 Å². The van der Waals surface area contributed by atoms with Crippen LogP contribution in [-0.2, 0) is 6.54 Å². The summed E-state index contributed by atoms with van der Waals surface area (Å²) in [6.45, 7) is 0.259. The van der Waals surface area contributed by atoms with Gasteiger partial charge in [-0.05, 0) is 30.3 Å². The molecule has 0 radical (unpaired) electrons. The van der Waals surface area contributed by atoms with Crippen LogP contribution in [0.25, 0.3) is 5.65 Å². The highest BCUT2D eigenvalue weighted by atomic mass is 35.5. The number of amides is 1. The van der Waals surface area contributed by atoms with Crippen LogP contribution in [0.1, 0.15) is 16.1 Å².